The Morgan fingerprint density at radius 3 is 1.85 bits per heavy atom. The SMILES string of the molecule is COc1ccc(CNc2nc(NCc3ccc(CNC(=O)OC(C)(C)C)cc3)nc(NN3CC(=O)NC3=O)n2)cc1. The van der Waals surface area contributed by atoms with Crippen LogP contribution in [0.4, 0.5) is 27.4 Å². The van der Waals surface area contributed by atoms with Gasteiger partial charge in [-0.25, -0.2) is 14.6 Å². The molecule has 4 amide bonds. The number of amides is 4. The largest absolute Gasteiger partial charge is 0.497 e. The molecule has 2 aromatic carbocycles. The first kappa shape index (κ1) is 28.9. The molecule has 0 aliphatic carbocycles. The molecule has 1 aliphatic rings. The third kappa shape index (κ3) is 8.95. The number of urea groups is 1. The fourth-order valence-corrected chi connectivity index (χ4v) is 3.61. The first-order valence-corrected chi connectivity index (χ1v) is 12.9. The number of hydrazine groups is 1. The van der Waals surface area contributed by atoms with Gasteiger partial charge in [0.15, 0.2) is 0 Å². The molecule has 14 nitrogen and oxygen atoms in total. The average molecular weight is 564 g/mol. The molecule has 1 saturated heterocycles. The molecule has 14 heteroatoms. The lowest BCUT2D eigenvalue weighted by Crippen LogP contribution is -2.34. The van der Waals surface area contributed by atoms with E-state index in [4.69, 9.17) is 9.47 Å². The van der Waals surface area contributed by atoms with Crippen LogP contribution in [0.5, 0.6) is 5.75 Å². The molecule has 4 rings (SSSR count). The molecule has 216 valence electrons. The zero-order chi connectivity index (χ0) is 29.4. The van der Waals surface area contributed by atoms with Gasteiger partial charge in [0.2, 0.25) is 23.8 Å². The summed E-state index contributed by atoms with van der Waals surface area (Å²) in [6, 6.07) is 14.6. The van der Waals surface area contributed by atoms with E-state index in [9.17, 15) is 14.4 Å². The zero-order valence-corrected chi connectivity index (χ0v) is 23.3. The highest BCUT2D eigenvalue weighted by molar-refractivity contribution is 6.02. The standard InChI is InChI=1S/C27H33N9O5/c1-27(2,3)41-26(39)30-15-18-7-5-17(6-8-18)13-28-22-32-23(29-14-19-9-11-20(40-4)12-10-19)34-24(33-22)35-36-16-21(37)31-25(36)38/h5-12H,13-16H2,1-4H3,(H,30,39)(H,31,37,38)(H3,28,29,32,33,34,35). The lowest BCUT2D eigenvalue weighted by atomic mass is 10.1. The third-order valence-corrected chi connectivity index (χ3v) is 5.58. The summed E-state index contributed by atoms with van der Waals surface area (Å²) in [5, 5.41) is 12.3. The summed E-state index contributed by atoms with van der Waals surface area (Å²) in [6.07, 6.45) is -0.477. The Bertz CT molecular complexity index is 1380. The summed E-state index contributed by atoms with van der Waals surface area (Å²) in [5.41, 5.74) is 5.02. The maximum atomic E-state index is 12.0. The van der Waals surface area contributed by atoms with E-state index >= 15 is 0 Å². The summed E-state index contributed by atoms with van der Waals surface area (Å²) < 4.78 is 10.5. The molecular weight excluding hydrogens is 530 g/mol. The van der Waals surface area contributed by atoms with Crippen molar-refractivity contribution in [2.24, 2.45) is 0 Å². The quantitative estimate of drug-likeness (QED) is 0.217. The number of nitrogens with zero attached hydrogens (tertiary/aromatic N) is 4. The molecule has 0 unspecified atom stereocenters. The predicted molar refractivity (Wildman–Crippen MR) is 151 cm³/mol. The van der Waals surface area contributed by atoms with Gasteiger partial charge in [-0.2, -0.15) is 15.0 Å². The van der Waals surface area contributed by atoms with E-state index in [2.05, 4.69) is 41.6 Å². The van der Waals surface area contributed by atoms with Gasteiger partial charge >= 0.3 is 12.1 Å². The minimum atomic E-state index is -0.598. The summed E-state index contributed by atoms with van der Waals surface area (Å²) in [6.45, 7) is 6.41. The van der Waals surface area contributed by atoms with Crippen LogP contribution in [0.25, 0.3) is 0 Å². The highest BCUT2D eigenvalue weighted by Gasteiger charge is 2.27. The Morgan fingerprint density at radius 2 is 1.37 bits per heavy atom. The van der Waals surface area contributed by atoms with E-state index in [-0.39, 0.29) is 24.4 Å². The smallest absolute Gasteiger partial charge is 0.407 e. The van der Waals surface area contributed by atoms with E-state index in [0.29, 0.717) is 19.6 Å². The minimum absolute atomic E-state index is 0.0770. The number of alkyl carbamates (subject to hydrolysis) is 1. The molecule has 0 radical (unpaired) electrons. The number of methoxy groups -OCH3 is 1. The van der Waals surface area contributed by atoms with E-state index in [0.717, 1.165) is 27.4 Å². The van der Waals surface area contributed by atoms with Crippen LogP contribution in [0, 0.1) is 0 Å². The van der Waals surface area contributed by atoms with Crippen LogP contribution in [0.2, 0.25) is 0 Å². The van der Waals surface area contributed by atoms with E-state index in [1.807, 2.05) is 69.3 Å². The van der Waals surface area contributed by atoms with Gasteiger partial charge in [0, 0.05) is 19.6 Å². The number of anilines is 3. The second-order valence-electron chi connectivity index (χ2n) is 10.1. The molecule has 2 heterocycles. The number of aromatic nitrogens is 3. The summed E-state index contributed by atoms with van der Waals surface area (Å²) in [5.74, 6) is 0.903. The maximum absolute atomic E-state index is 12.0. The van der Waals surface area contributed by atoms with Crippen LogP contribution in [-0.4, -0.2) is 57.2 Å². The number of carbonyl (C=O) groups is 3. The van der Waals surface area contributed by atoms with Crippen LogP contribution in [-0.2, 0) is 29.2 Å². The van der Waals surface area contributed by atoms with Crippen molar-refractivity contribution in [2.75, 3.05) is 29.7 Å². The van der Waals surface area contributed by atoms with Gasteiger partial charge in [-0.3, -0.25) is 15.5 Å². The Hall–Kier alpha value is -5.14. The van der Waals surface area contributed by atoms with Gasteiger partial charge in [0.25, 0.3) is 0 Å². The van der Waals surface area contributed by atoms with Crippen molar-refractivity contribution in [1.82, 2.24) is 30.6 Å². The van der Waals surface area contributed by atoms with Crippen LogP contribution in [0.15, 0.2) is 48.5 Å². The summed E-state index contributed by atoms with van der Waals surface area (Å²) >= 11 is 0. The maximum Gasteiger partial charge on any atom is 0.407 e. The molecule has 1 aromatic heterocycles. The van der Waals surface area contributed by atoms with Crippen molar-refractivity contribution in [3.8, 4) is 5.75 Å². The van der Waals surface area contributed by atoms with Crippen molar-refractivity contribution in [2.45, 2.75) is 46.0 Å². The number of nitrogens with one attached hydrogen (secondary N) is 5. The van der Waals surface area contributed by atoms with Crippen LogP contribution < -0.4 is 31.4 Å². The lowest BCUT2D eigenvalue weighted by Gasteiger charge is -2.19. The first-order chi connectivity index (χ1) is 19.6. The van der Waals surface area contributed by atoms with Crippen molar-refractivity contribution in [3.05, 3.63) is 65.2 Å². The monoisotopic (exact) mass is 563 g/mol. The number of benzene rings is 2. The number of ether oxygens (including phenoxy) is 2. The van der Waals surface area contributed by atoms with Crippen molar-refractivity contribution >= 4 is 35.9 Å². The minimum Gasteiger partial charge on any atom is -0.497 e. The molecule has 3 aromatic rings. The first-order valence-electron chi connectivity index (χ1n) is 12.9. The lowest BCUT2D eigenvalue weighted by molar-refractivity contribution is -0.118. The van der Waals surface area contributed by atoms with E-state index in [1.54, 1.807) is 7.11 Å². The number of carbonyl (C=O) groups excluding carboxylic acids is 3. The second kappa shape index (κ2) is 12.8. The highest BCUT2D eigenvalue weighted by atomic mass is 16.6. The summed E-state index contributed by atoms with van der Waals surface area (Å²) in [4.78, 5) is 48.6. The molecule has 0 saturated carbocycles. The topological polar surface area (TPSA) is 172 Å². The molecule has 0 atom stereocenters. The Labute approximate surface area is 237 Å². The van der Waals surface area contributed by atoms with Gasteiger partial charge in [-0.15, -0.1) is 0 Å². The van der Waals surface area contributed by atoms with Gasteiger partial charge in [0.05, 0.1) is 7.11 Å². The molecule has 1 fully saturated rings. The molecule has 0 spiro atoms. The normalized spacial score (nSPS) is 12.9. The highest BCUT2D eigenvalue weighted by Crippen LogP contribution is 2.16. The number of hydrogen-bond acceptors (Lipinski definition) is 11. The van der Waals surface area contributed by atoms with Crippen molar-refractivity contribution < 1.29 is 23.9 Å². The average Bonchev–Trinajstić information content (AvgIpc) is 3.25. The van der Waals surface area contributed by atoms with Crippen molar-refractivity contribution in [1.29, 1.82) is 0 Å². The second-order valence-corrected chi connectivity index (χ2v) is 10.1. The Morgan fingerprint density at radius 1 is 0.854 bits per heavy atom. The fraction of sp³-hybridized carbons (Fsp3) is 0.333. The zero-order valence-electron chi connectivity index (χ0n) is 23.3. The van der Waals surface area contributed by atoms with Gasteiger partial charge in [0.1, 0.15) is 17.9 Å². The van der Waals surface area contributed by atoms with Gasteiger partial charge in [-0.05, 0) is 49.6 Å². The Kier molecular flexibility index (Phi) is 9.02. The summed E-state index contributed by atoms with van der Waals surface area (Å²) in [7, 11) is 1.60. The van der Waals surface area contributed by atoms with E-state index < -0.39 is 23.6 Å². The fourth-order valence-electron chi connectivity index (χ4n) is 3.61. The molecule has 1 aliphatic heterocycles. The number of imide groups is 1. The van der Waals surface area contributed by atoms with Crippen LogP contribution in [0.3, 0.4) is 0 Å². The van der Waals surface area contributed by atoms with Gasteiger partial charge in [-0.1, -0.05) is 36.4 Å². The number of rotatable bonds is 11. The van der Waals surface area contributed by atoms with Crippen molar-refractivity contribution in [3.63, 3.8) is 0 Å². The molecular formula is C27H33N9O5. The molecule has 5 N–H and O–H groups in total. The van der Waals surface area contributed by atoms with Crippen LogP contribution >= 0.6 is 0 Å². The van der Waals surface area contributed by atoms with E-state index in [1.165, 1.54) is 0 Å². The molecule has 41 heavy (non-hydrogen) atoms. The molecule has 0 bridgehead atoms. The predicted octanol–water partition coefficient (Wildman–Crippen LogP) is 3.01. The Balaban J connectivity index is 1.40. The van der Waals surface area contributed by atoms with Gasteiger partial charge < -0.3 is 25.4 Å². The number of hydrogen-bond donors (Lipinski definition) is 5. The third-order valence-electron chi connectivity index (χ3n) is 5.58. The van der Waals surface area contributed by atoms with Crippen LogP contribution in [0.1, 0.15) is 37.5 Å².